The summed E-state index contributed by atoms with van der Waals surface area (Å²) in [6.45, 7) is 4.05. The number of hydrogen-bond acceptors (Lipinski definition) is 5. The highest BCUT2D eigenvalue weighted by atomic mass is 32.1. The molecule has 96 valence electrons. The predicted octanol–water partition coefficient (Wildman–Crippen LogP) is 0.487. The van der Waals surface area contributed by atoms with Gasteiger partial charge in [-0.15, -0.1) is 11.3 Å². The van der Waals surface area contributed by atoms with Crippen molar-refractivity contribution in [2.75, 3.05) is 20.2 Å². The molecule has 0 unspecified atom stereocenters. The highest BCUT2D eigenvalue weighted by Gasteiger charge is 2.28. The molecular formula is C11H19N3O2S. The molecule has 0 aromatic carbocycles. The van der Waals surface area contributed by atoms with Gasteiger partial charge in [0.2, 0.25) is 0 Å². The number of rotatable bonds is 5. The molecule has 6 heteroatoms. The summed E-state index contributed by atoms with van der Waals surface area (Å²) in [5, 5.41) is 11.8. The molecule has 0 atom stereocenters. The first-order chi connectivity index (χ1) is 7.92. The molecule has 0 bridgehead atoms. The number of hydrogen-bond donors (Lipinski definition) is 2. The number of amides is 1. The van der Waals surface area contributed by atoms with Gasteiger partial charge in [-0.1, -0.05) is 0 Å². The molecule has 1 amide bonds. The molecule has 5 nitrogen and oxygen atoms in total. The van der Waals surface area contributed by atoms with Crippen LogP contribution in [0.15, 0.2) is 5.38 Å². The second-order valence-electron chi connectivity index (χ2n) is 4.50. The van der Waals surface area contributed by atoms with E-state index in [-0.39, 0.29) is 12.5 Å². The Morgan fingerprint density at radius 1 is 1.65 bits per heavy atom. The molecule has 0 saturated heterocycles. The van der Waals surface area contributed by atoms with Crippen molar-refractivity contribution in [3.63, 3.8) is 0 Å². The molecule has 0 aliphatic heterocycles. The van der Waals surface area contributed by atoms with E-state index in [9.17, 15) is 9.90 Å². The molecule has 1 aromatic rings. The molecule has 0 spiro atoms. The van der Waals surface area contributed by atoms with Crippen molar-refractivity contribution in [2.45, 2.75) is 25.8 Å². The Morgan fingerprint density at radius 2 is 2.29 bits per heavy atom. The maximum absolute atomic E-state index is 12.1. The van der Waals surface area contributed by atoms with Crippen molar-refractivity contribution in [1.82, 2.24) is 9.88 Å². The normalized spacial score (nSPS) is 11.6. The molecule has 0 radical (unpaired) electrons. The van der Waals surface area contributed by atoms with Gasteiger partial charge in [0.15, 0.2) is 0 Å². The van der Waals surface area contributed by atoms with Crippen molar-refractivity contribution in [3.8, 4) is 0 Å². The summed E-state index contributed by atoms with van der Waals surface area (Å²) in [5.41, 5.74) is 5.27. The predicted molar refractivity (Wildman–Crippen MR) is 68.1 cm³/mol. The van der Waals surface area contributed by atoms with Crippen LogP contribution >= 0.6 is 11.3 Å². The molecule has 1 aromatic heterocycles. The number of nitrogens with two attached hydrogens (primary N) is 1. The summed E-state index contributed by atoms with van der Waals surface area (Å²) in [5.74, 6) is -0.177. The summed E-state index contributed by atoms with van der Waals surface area (Å²) < 4.78 is 0. The molecule has 17 heavy (non-hydrogen) atoms. The van der Waals surface area contributed by atoms with Gasteiger partial charge in [0.1, 0.15) is 5.69 Å². The van der Waals surface area contributed by atoms with Crippen LogP contribution < -0.4 is 5.73 Å². The SMILES string of the molecule is CN(C(=O)c1csc(CCN)n1)C(C)(C)CO. The minimum atomic E-state index is -0.589. The lowest BCUT2D eigenvalue weighted by Gasteiger charge is -2.33. The highest BCUT2D eigenvalue weighted by Crippen LogP contribution is 2.17. The fourth-order valence-corrected chi connectivity index (χ4v) is 1.99. The lowest BCUT2D eigenvalue weighted by Crippen LogP contribution is -2.47. The van der Waals surface area contributed by atoms with Crippen LogP contribution in [0, 0.1) is 0 Å². The standard InChI is InChI=1S/C11H19N3O2S/c1-11(2,7-15)14(3)10(16)8-6-17-9(13-8)4-5-12/h6,15H,4-5,7,12H2,1-3H3. The summed E-state index contributed by atoms with van der Waals surface area (Å²) in [6, 6.07) is 0. The number of aliphatic hydroxyl groups is 1. The van der Waals surface area contributed by atoms with Gasteiger partial charge in [0.05, 0.1) is 17.2 Å². The van der Waals surface area contributed by atoms with Crippen LogP contribution in [-0.4, -0.2) is 46.6 Å². The maximum atomic E-state index is 12.1. The Hall–Kier alpha value is -0.980. The third kappa shape index (κ3) is 3.24. The van der Waals surface area contributed by atoms with E-state index in [1.54, 1.807) is 26.3 Å². The van der Waals surface area contributed by atoms with E-state index in [2.05, 4.69) is 4.98 Å². The van der Waals surface area contributed by atoms with Gasteiger partial charge in [-0.3, -0.25) is 4.79 Å². The zero-order chi connectivity index (χ0) is 13.1. The summed E-state index contributed by atoms with van der Waals surface area (Å²) in [4.78, 5) is 17.8. The monoisotopic (exact) mass is 257 g/mol. The van der Waals surface area contributed by atoms with Crippen LogP contribution in [0.1, 0.15) is 29.3 Å². The van der Waals surface area contributed by atoms with Crippen LogP contribution in [0.3, 0.4) is 0 Å². The zero-order valence-electron chi connectivity index (χ0n) is 10.4. The van der Waals surface area contributed by atoms with E-state index in [1.807, 2.05) is 0 Å². The van der Waals surface area contributed by atoms with Gasteiger partial charge in [-0.25, -0.2) is 4.98 Å². The van der Waals surface area contributed by atoms with Crippen LogP contribution in [0.25, 0.3) is 0 Å². The largest absolute Gasteiger partial charge is 0.394 e. The Bertz CT molecular complexity index is 390. The average Bonchev–Trinajstić information content (AvgIpc) is 2.76. The van der Waals surface area contributed by atoms with E-state index in [0.717, 1.165) is 5.01 Å². The molecule has 3 N–H and O–H groups in total. The van der Waals surface area contributed by atoms with Crippen molar-refractivity contribution in [3.05, 3.63) is 16.1 Å². The fraction of sp³-hybridized carbons (Fsp3) is 0.636. The number of nitrogens with zero attached hydrogens (tertiary/aromatic N) is 2. The number of carbonyl (C=O) groups is 1. The summed E-state index contributed by atoms with van der Waals surface area (Å²) in [6.07, 6.45) is 0.686. The first-order valence-corrected chi connectivity index (χ1v) is 6.34. The lowest BCUT2D eigenvalue weighted by atomic mass is 10.1. The van der Waals surface area contributed by atoms with Crippen molar-refractivity contribution < 1.29 is 9.90 Å². The Kier molecular flexibility index (Phi) is 4.62. The number of aromatic nitrogens is 1. The molecular weight excluding hydrogens is 238 g/mol. The second kappa shape index (κ2) is 5.57. The van der Waals surface area contributed by atoms with Crippen molar-refractivity contribution >= 4 is 17.2 Å². The fourth-order valence-electron chi connectivity index (χ4n) is 1.20. The smallest absolute Gasteiger partial charge is 0.273 e. The Morgan fingerprint density at radius 3 is 2.82 bits per heavy atom. The minimum Gasteiger partial charge on any atom is -0.394 e. The summed E-state index contributed by atoms with van der Waals surface area (Å²) >= 11 is 1.44. The molecule has 0 aliphatic rings. The van der Waals surface area contributed by atoms with Gasteiger partial charge in [-0.05, 0) is 20.4 Å². The molecule has 0 aliphatic carbocycles. The molecule has 1 heterocycles. The van der Waals surface area contributed by atoms with Gasteiger partial charge in [0, 0.05) is 18.8 Å². The van der Waals surface area contributed by atoms with E-state index in [0.29, 0.717) is 18.7 Å². The van der Waals surface area contributed by atoms with Crippen LogP contribution in [0.4, 0.5) is 0 Å². The average molecular weight is 257 g/mol. The van der Waals surface area contributed by atoms with Gasteiger partial charge >= 0.3 is 0 Å². The number of likely N-dealkylation sites (N-methyl/N-ethyl adjacent to an activating group) is 1. The van der Waals surface area contributed by atoms with Crippen LogP contribution in [0.2, 0.25) is 0 Å². The number of carbonyl (C=O) groups excluding carboxylic acids is 1. The maximum Gasteiger partial charge on any atom is 0.273 e. The van der Waals surface area contributed by atoms with E-state index in [4.69, 9.17) is 5.73 Å². The minimum absolute atomic E-state index is 0.0883. The van der Waals surface area contributed by atoms with E-state index >= 15 is 0 Å². The highest BCUT2D eigenvalue weighted by molar-refractivity contribution is 7.09. The topological polar surface area (TPSA) is 79.5 Å². The first-order valence-electron chi connectivity index (χ1n) is 5.46. The molecule has 0 saturated carbocycles. The number of thiazole rings is 1. The number of aliphatic hydroxyl groups excluding tert-OH is 1. The van der Waals surface area contributed by atoms with Crippen LogP contribution in [-0.2, 0) is 6.42 Å². The van der Waals surface area contributed by atoms with Crippen molar-refractivity contribution in [1.29, 1.82) is 0 Å². The Labute approximate surface area is 105 Å². The lowest BCUT2D eigenvalue weighted by molar-refractivity contribution is 0.0468. The zero-order valence-corrected chi connectivity index (χ0v) is 11.3. The van der Waals surface area contributed by atoms with Gasteiger partial charge in [0.25, 0.3) is 5.91 Å². The van der Waals surface area contributed by atoms with E-state index in [1.165, 1.54) is 16.2 Å². The third-order valence-electron chi connectivity index (χ3n) is 2.73. The second-order valence-corrected chi connectivity index (χ2v) is 5.44. The quantitative estimate of drug-likeness (QED) is 0.804. The van der Waals surface area contributed by atoms with E-state index < -0.39 is 5.54 Å². The van der Waals surface area contributed by atoms with Crippen LogP contribution in [0.5, 0.6) is 0 Å². The molecule has 1 rings (SSSR count). The van der Waals surface area contributed by atoms with Gasteiger partial charge in [-0.2, -0.15) is 0 Å². The summed E-state index contributed by atoms with van der Waals surface area (Å²) in [7, 11) is 1.67. The molecule has 0 fully saturated rings. The third-order valence-corrected chi connectivity index (χ3v) is 3.64. The Balaban J connectivity index is 2.81. The van der Waals surface area contributed by atoms with Gasteiger partial charge < -0.3 is 15.7 Å². The first kappa shape index (κ1) is 14.1. The van der Waals surface area contributed by atoms with Crippen molar-refractivity contribution in [2.24, 2.45) is 5.73 Å².